The summed E-state index contributed by atoms with van der Waals surface area (Å²) in [6.45, 7) is 0.563. The molecule has 178 valence electrons. The van der Waals surface area contributed by atoms with Crippen molar-refractivity contribution in [2.24, 2.45) is 5.92 Å². The van der Waals surface area contributed by atoms with Crippen molar-refractivity contribution in [2.45, 2.75) is 37.6 Å². The van der Waals surface area contributed by atoms with E-state index in [1.165, 1.54) is 30.4 Å². The normalized spacial score (nSPS) is 22.0. The average molecular weight is 473 g/mol. The maximum absolute atomic E-state index is 13.8. The van der Waals surface area contributed by atoms with Crippen molar-refractivity contribution in [3.8, 4) is 17.3 Å². The van der Waals surface area contributed by atoms with Crippen molar-refractivity contribution in [3.63, 3.8) is 0 Å². The van der Waals surface area contributed by atoms with E-state index in [2.05, 4.69) is 15.2 Å². The van der Waals surface area contributed by atoms with E-state index in [9.17, 15) is 18.0 Å². The molecule has 4 heterocycles. The largest absolute Gasteiger partial charge is 0.496 e. The number of benzene rings is 1. The number of rotatable bonds is 5. The predicted molar refractivity (Wildman–Crippen MR) is 114 cm³/mol. The molecular weight excluding hydrogens is 451 g/mol. The number of hydrogen-bond donors (Lipinski definition) is 0. The van der Waals surface area contributed by atoms with Gasteiger partial charge in [0.2, 0.25) is 5.88 Å². The Balaban J connectivity index is 1.42. The molecule has 3 atom stereocenters. The molecule has 2 aliphatic heterocycles. The lowest BCUT2D eigenvalue weighted by molar-refractivity contribution is -0.137. The molecule has 0 unspecified atom stereocenters. The first-order valence-corrected chi connectivity index (χ1v) is 10.9. The number of aromatic nitrogens is 4. The molecule has 1 aliphatic carbocycles. The van der Waals surface area contributed by atoms with Crippen LogP contribution in [0.2, 0.25) is 0 Å². The number of halogens is 3. The van der Waals surface area contributed by atoms with Crippen molar-refractivity contribution in [2.75, 3.05) is 13.7 Å². The molecule has 1 saturated carbocycles. The monoisotopic (exact) mass is 473 g/mol. The zero-order valence-electron chi connectivity index (χ0n) is 18.3. The van der Waals surface area contributed by atoms with Gasteiger partial charge in [-0.3, -0.25) is 4.79 Å². The molecule has 3 aromatic rings. The van der Waals surface area contributed by atoms with Gasteiger partial charge >= 0.3 is 6.18 Å². The lowest BCUT2D eigenvalue weighted by atomic mass is 9.77. The third kappa shape index (κ3) is 4.06. The third-order valence-corrected chi connectivity index (χ3v) is 6.39. The molecule has 0 N–H and O–H groups in total. The average Bonchev–Trinajstić information content (AvgIpc) is 3.38. The third-order valence-electron chi connectivity index (χ3n) is 6.39. The fourth-order valence-corrected chi connectivity index (χ4v) is 4.82. The van der Waals surface area contributed by atoms with E-state index >= 15 is 0 Å². The van der Waals surface area contributed by atoms with Gasteiger partial charge in [0, 0.05) is 18.8 Å². The summed E-state index contributed by atoms with van der Waals surface area (Å²) in [7, 11) is 1.50. The lowest BCUT2D eigenvalue weighted by Gasteiger charge is -2.49. The van der Waals surface area contributed by atoms with Crippen LogP contribution in [0.1, 0.15) is 35.2 Å². The van der Waals surface area contributed by atoms with E-state index < -0.39 is 11.7 Å². The number of ether oxygens (including phenoxy) is 2. The van der Waals surface area contributed by atoms with E-state index in [-0.39, 0.29) is 29.9 Å². The first-order chi connectivity index (χ1) is 16.3. The van der Waals surface area contributed by atoms with Crippen LogP contribution in [-0.4, -0.2) is 56.6 Å². The van der Waals surface area contributed by atoms with Gasteiger partial charge in [0.1, 0.15) is 23.1 Å². The summed E-state index contributed by atoms with van der Waals surface area (Å²) in [5.74, 6) is 0.502. The topological polar surface area (TPSA) is 82.4 Å². The molecule has 6 rings (SSSR count). The zero-order valence-corrected chi connectivity index (χ0v) is 18.3. The Morgan fingerprint density at radius 1 is 1.12 bits per heavy atom. The van der Waals surface area contributed by atoms with E-state index in [4.69, 9.17) is 9.47 Å². The maximum Gasteiger partial charge on any atom is 0.417 e. The smallest absolute Gasteiger partial charge is 0.417 e. The van der Waals surface area contributed by atoms with Crippen molar-refractivity contribution in [3.05, 3.63) is 60.0 Å². The van der Waals surface area contributed by atoms with Crippen LogP contribution >= 0.6 is 0 Å². The van der Waals surface area contributed by atoms with Gasteiger partial charge in [0.05, 0.1) is 31.1 Å². The number of amides is 1. The SMILES string of the molecule is COc1cccc(-n2nccn2)c1C(=O)N1C[C@@H]2CC[C@H]1[C@H](Oc1ccc(C(F)(F)F)cn1)C2. The zero-order chi connectivity index (χ0) is 23.9. The van der Waals surface area contributed by atoms with Gasteiger partial charge < -0.3 is 14.4 Å². The number of fused-ring (bicyclic) bond motifs is 3. The molecule has 3 fully saturated rings. The predicted octanol–water partition coefficient (Wildman–Crippen LogP) is 3.76. The molecule has 11 heteroatoms. The summed E-state index contributed by atoms with van der Waals surface area (Å²) in [6, 6.07) is 7.15. The van der Waals surface area contributed by atoms with Crippen molar-refractivity contribution >= 4 is 5.91 Å². The highest BCUT2D eigenvalue weighted by atomic mass is 19.4. The number of methoxy groups -OCH3 is 1. The maximum atomic E-state index is 13.8. The van der Waals surface area contributed by atoms with Gasteiger partial charge in [-0.05, 0) is 43.4 Å². The van der Waals surface area contributed by atoms with Crippen molar-refractivity contribution < 1.29 is 27.4 Å². The standard InChI is InChI=1S/C23H22F3N5O3/c1-33-18-4-2-3-17(31-28-9-10-29-31)21(18)22(32)30-13-14-5-7-16(30)19(11-14)34-20-8-6-15(12-27-20)23(24,25)26/h2-4,6,8-10,12,14,16,19H,5,7,11,13H2,1H3/t14-,16+,19-/m1/s1. The summed E-state index contributed by atoms with van der Waals surface area (Å²) in [5, 5.41) is 8.32. The number of pyridine rings is 1. The first kappa shape index (κ1) is 22.2. The Bertz CT molecular complexity index is 1170. The summed E-state index contributed by atoms with van der Waals surface area (Å²) < 4.78 is 50.0. The molecule has 0 radical (unpaired) electrons. The molecule has 2 bridgehead atoms. The van der Waals surface area contributed by atoms with Gasteiger partial charge in [-0.15, -0.1) is 0 Å². The second-order valence-electron chi connectivity index (χ2n) is 8.42. The highest BCUT2D eigenvalue weighted by molar-refractivity contribution is 6.00. The molecule has 1 amide bonds. The van der Waals surface area contributed by atoms with Crippen LogP contribution in [0.15, 0.2) is 48.9 Å². The van der Waals surface area contributed by atoms with Crippen LogP contribution in [0.3, 0.4) is 0 Å². The van der Waals surface area contributed by atoms with Crippen LogP contribution < -0.4 is 9.47 Å². The van der Waals surface area contributed by atoms with Gasteiger partial charge in [-0.25, -0.2) is 4.98 Å². The quantitative estimate of drug-likeness (QED) is 0.561. The van der Waals surface area contributed by atoms with E-state index in [1.54, 1.807) is 23.1 Å². The highest BCUT2D eigenvalue weighted by Crippen LogP contribution is 2.39. The Morgan fingerprint density at radius 3 is 2.56 bits per heavy atom. The molecule has 2 aromatic heterocycles. The Hall–Kier alpha value is -3.63. The minimum Gasteiger partial charge on any atom is -0.496 e. The molecule has 0 spiro atoms. The second-order valence-corrected chi connectivity index (χ2v) is 8.42. The first-order valence-electron chi connectivity index (χ1n) is 10.9. The second kappa shape index (κ2) is 8.62. The molecule has 34 heavy (non-hydrogen) atoms. The molecule has 2 saturated heterocycles. The Kier molecular flexibility index (Phi) is 5.62. The fraction of sp³-hybridized carbons (Fsp3) is 0.391. The van der Waals surface area contributed by atoms with Crippen LogP contribution in [0.4, 0.5) is 13.2 Å². The van der Waals surface area contributed by atoms with Crippen LogP contribution in [0.5, 0.6) is 11.6 Å². The fourth-order valence-electron chi connectivity index (χ4n) is 4.82. The van der Waals surface area contributed by atoms with Gasteiger partial charge in [-0.1, -0.05) is 6.07 Å². The molecule has 3 aliphatic rings. The summed E-state index contributed by atoms with van der Waals surface area (Å²) in [6.07, 6.45) is 1.36. The van der Waals surface area contributed by atoms with Gasteiger partial charge in [0.25, 0.3) is 5.91 Å². The number of hydrogen-bond acceptors (Lipinski definition) is 6. The summed E-state index contributed by atoms with van der Waals surface area (Å²) in [4.78, 5) is 20.8. The Labute approximate surface area is 193 Å². The summed E-state index contributed by atoms with van der Waals surface area (Å²) >= 11 is 0. The molecular formula is C23H22F3N5O3. The van der Waals surface area contributed by atoms with Crippen LogP contribution in [-0.2, 0) is 6.18 Å². The minimum atomic E-state index is -4.46. The van der Waals surface area contributed by atoms with E-state index in [1.807, 2.05) is 0 Å². The summed E-state index contributed by atoms with van der Waals surface area (Å²) in [5.41, 5.74) is 0.00980. The molecule has 8 nitrogen and oxygen atoms in total. The van der Waals surface area contributed by atoms with Gasteiger partial charge in [0.15, 0.2) is 0 Å². The number of carbonyl (C=O) groups excluding carboxylic acids is 1. The minimum absolute atomic E-state index is 0.108. The van der Waals surface area contributed by atoms with Gasteiger partial charge in [-0.2, -0.15) is 28.2 Å². The highest BCUT2D eigenvalue weighted by Gasteiger charge is 2.45. The number of piperidine rings is 2. The Morgan fingerprint density at radius 2 is 1.91 bits per heavy atom. The van der Waals surface area contributed by atoms with E-state index in [0.717, 1.165) is 25.1 Å². The number of alkyl halides is 3. The number of carbonyl (C=O) groups is 1. The van der Waals surface area contributed by atoms with Crippen molar-refractivity contribution in [1.29, 1.82) is 0 Å². The van der Waals surface area contributed by atoms with Crippen LogP contribution in [0, 0.1) is 5.92 Å². The van der Waals surface area contributed by atoms with Crippen molar-refractivity contribution in [1.82, 2.24) is 24.9 Å². The van der Waals surface area contributed by atoms with E-state index in [0.29, 0.717) is 30.0 Å². The number of nitrogens with zero attached hydrogens (tertiary/aromatic N) is 5. The molecule has 1 aromatic carbocycles. The lowest BCUT2D eigenvalue weighted by Crippen LogP contribution is -2.59. The van der Waals surface area contributed by atoms with Crippen LogP contribution in [0.25, 0.3) is 5.69 Å².